The van der Waals surface area contributed by atoms with E-state index in [-0.39, 0.29) is 0 Å². The zero-order chi connectivity index (χ0) is 13.4. The van der Waals surface area contributed by atoms with Crippen LogP contribution in [0.2, 0.25) is 0 Å². The molecule has 18 heavy (non-hydrogen) atoms. The summed E-state index contributed by atoms with van der Waals surface area (Å²) in [5.74, 6) is 0. The second-order valence-corrected chi connectivity index (χ2v) is 4.80. The smallest absolute Gasteiger partial charge is 0.147 e. The number of nitriles is 1. The van der Waals surface area contributed by atoms with Crippen molar-refractivity contribution in [3.8, 4) is 17.3 Å². The normalized spacial score (nSPS) is 10.4. The molecule has 92 valence electrons. The Bertz CT molecular complexity index is 631. The SMILES string of the molecule is Cc1cc(C)c(C)c(-c2ncn(C)c2C#N)c1C. The Morgan fingerprint density at radius 2 is 1.67 bits per heavy atom. The van der Waals surface area contributed by atoms with E-state index in [1.165, 1.54) is 22.3 Å². The number of rotatable bonds is 1. The van der Waals surface area contributed by atoms with Crippen molar-refractivity contribution in [2.24, 2.45) is 7.05 Å². The van der Waals surface area contributed by atoms with Gasteiger partial charge in [0.05, 0.1) is 6.33 Å². The van der Waals surface area contributed by atoms with Gasteiger partial charge in [0.15, 0.2) is 0 Å². The average Bonchev–Trinajstić information content (AvgIpc) is 2.68. The van der Waals surface area contributed by atoms with Gasteiger partial charge in [-0.1, -0.05) is 6.07 Å². The molecule has 0 unspecified atom stereocenters. The third-order valence-electron chi connectivity index (χ3n) is 3.65. The highest BCUT2D eigenvalue weighted by molar-refractivity contribution is 5.74. The standard InChI is InChI=1S/C15H17N3/c1-9-6-10(2)12(4)14(11(9)3)15-13(7-16)18(5)8-17-15/h6,8H,1-5H3. The molecule has 1 aromatic heterocycles. The zero-order valence-electron chi connectivity index (χ0n) is 11.5. The van der Waals surface area contributed by atoms with Gasteiger partial charge in [0.25, 0.3) is 0 Å². The third-order valence-corrected chi connectivity index (χ3v) is 3.65. The van der Waals surface area contributed by atoms with Gasteiger partial charge in [-0.15, -0.1) is 0 Å². The van der Waals surface area contributed by atoms with E-state index >= 15 is 0 Å². The molecule has 1 heterocycles. The van der Waals surface area contributed by atoms with E-state index in [4.69, 9.17) is 0 Å². The fourth-order valence-corrected chi connectivity index (χ4v) is 2.32. The predicted octanol–water partition coefficient (Wildman–Crippen LogP) is 3.19. The lowest BCUT2D eigenvalue weighted by Gasteiger charge is -2.14. The van der Waals surface area contributed by atoms with Crippen molar-refractivity contribution in [2.45, 2.75) is 27.7 Å². The monoisotopic (exact) mass is 239 g/mol. The fraction of sp³-hybridized carbons (Fsp3) is 0.333. The second kappa shape index (κ2) is 4.30. The van der Waals surface area contributed by atoms with Gasteiger partial charge in [-0.25, -0.2) is 4.98 Å². The van der Waals surface area contributed by atoms with Crippen LogP contribution in [-0.4, -0.2) is 9.55 Å². The highest BCUT2D eigenvalue weighted by Crippen LogP contribution is 2.32. The first-order chi connectivity index (χ1) is 8.47. The molecule has 0 aliphatic heterocycles. The number of hydrogen-bond acceptors (Lipinski definition) is 2. The molecule has 0 N–H and O–H groups in total. The lowest BCUT2D eigenvalue weighted by Crippen LogP contribution is -1.98. The number of aryl methyl sites for hydroxylation is 3. The summed E-state index contributed by atoms with van der Waals surface area (Å²) >= 11 is 0. The van der Waals surface area contributed by atoms with Crippen LogP contribution < -0.4 is 0 Å². The number of aromatic nitrogens is 2. The molecule has 3 nitrogen and oxygen atoms in total. The molecule has 0 spiro atoms. The minimum atomic E-state index is 0.617. The van der Waals surface area contributed by atoms with E-state index in [1.807, 2.05) is 7.05 Å². The lowest BCUT2D eigenvalue weighted by molar-refractivity contribution is 0.896. The van der Waals surface area contributed by atoms with Gasteiger partial charge in [-0.3, -0.25) is 0 Å². The predicted molar refractivity (Wildman–Crippen MR) is 72.3 cm³/mol. The van der Waals surface area contributed by atoms with Crippen LogP contribution in [0.25, 0.3) is 11.3 Å². The van der Waals surface area contributed by atoms with Crippen LogP contribution in [0, 0.1) is 39.0 Å². The van der Waals surface area contributed by atoms with Crippen molar-refractivity contribution >= 4 is 0 Å². The van der Waals surface area contributed by atoms with E-state index in [0.29, 0.717) is 5.69 Å². The quantitative estimate of drug-likeness (QED) is 0.767. The Balaban J connectivity index is 2.83. The maximum absolute atomic E-state index is 9.26. The van der Waals surface area contributed by atoms with Crippen LogP contribution in [0.5, 0.6) is 0 Å². The summed E-state index contributed by atoms with van der Waals surface area (Å²) in [7, 11) is 1.85. The van der Waals surface area contributed by atoms with E-state index < -0.39 is 0 Å². The number of imidazole rings is 1. The van der Waals surface area contributed by atoms with Crippen LogP contribution >= 0.6 is 0 Å². The number of hydrogen-bond donors (Lipinski definition) is 0. The van der Waals surface area contributed by atoms with Crippen molar-refractivity contribution in [2.75, 3.05) is 0 Å². The molecule has 0 fully saturated rings. The Hall–Kier alpha value is -2.08. The van der Waals surface area contributed by atoms with Crippen molar-refractivity contribution in [3.63, 3.8) is 0 Å². The van der Waals surface area contributed by atoms with Crippen molar-refractivity contribution in [1.82, 2.24) is 9.55 Å². The molecule has 2 aromatic rings. The van der Waals surface area contributed by atoms with Crippen LogP contribution in [0.3, 0.4) is 0 Å². The van der Waals surface area contributed by atoms with Crippen LogP contribution in [0.4, 0.5) is 0 Å². The fourth-order valence-electron chi connectivity index (χ4n) is 2.32. The summed E-state index contributed by atoms with van der Waals surface area (Å²) in [5.41, 5.74) is 7.39. The van der Waals surface area contributed by atoms with Gasteiger partial charge in [0, 0.05) is 12.6 Å². The van der Waals surface area contributed by atoms with Crippen molar-refractivity contribution < 1.29 is 0 Å². The first-order valence-corrected chi connectivity index (χ1v) is 5.96. The Labute approximate surface area is 108 Å². The van der Waals surface area contributed by atoms with E-state index in [1.54, 1.807) is 10.9 Å². The summed E-state index contributed by atoms with van der Waals surface area (Å²) in [5, 5.41) is 9.26. The maximum atomic E-state index is 9.26. The Kier molecular flexibility index (Phi) is 2.96. The maximum Gasteiger partial charge on any atom is 0.147 e. The summed E-state index contributed by atoms with van der Waals surface area (Å²) in [4.78, 5) is 4.40. The highest BCUT2D eigenvalue weighted by Gasteiger charge is 2.17. The van der Waals surface area contributed by atoms with Gasteiger partial charge in [0.1, 0.15) is 17.5 Å². The Morgan fingerprint density at radius 3 is 2.17 bits per heavy atom. The molecule has 0 radical (unpaired) electrons. The van der Waals surface area contributed by atoms with Gasteiger partial charge in [-0.05, 0) is 49.9 Å². The topological polar surface area (TPSA) is 41.6 Å². The summed E-state index contributed by atoms with van der Waals surface area (Å²) in [6, 6.07) is 4.42. The first-order valence-electron chi connectivity index (χ1n) is 5.96. The van der Waals surface area contributed by atoms with Crippen molar-refractivity contribution in [1.29, 1.82) is 5.26 Å². The minimum absolute atomic E-state index is 0.617. The second-order valence-electron chi connectivity index (χ2n) is 4.80. The Morgan fingerprint density at radius 1 is 1.11 bits per heavy atom. The van der Waals surface area contributed by atoms with Gasteiger partial charge in [0.2, 0.25) is 0 Å². The minimum Gasteiger partial charge on any atom is -0.325 e. The molecule has 0 amide bonds. The summed E-state index contributed by atoms with van der Waals surface area (Å²) in [6.45, 7) is 8.38. The third kappa shape index (κ3) is 1.70. The van der Waals surface area contributed by atoms with Crippen LogP contribution in [0.15, 0.2) is 12.4 Å². The molecule has 0 saturated heterocycles. The van der Waals surface area contributed by atoms with Gasteiger partial charge in [-0.2, -0.15) is 5.26 Å². The molecular weight excluding hydrogens is 222 g/mol. The molecule has 0 aliphatic carbocycles. The summed E-state index contributed by atoms with van der Waals surface area (Å²) in [6.07, 6.45) is 1.70. The molecule has 0 atom stereocenters. The van der Waals surface area contributed by atoms with E-state index in [0.717, 1.165) is 11.3 Å². The lowest BCUT2D eigenvalue weighted by atomic mass is 9.92. The molecule has 0 saturated carbocycles. The largest absolute Gasteiger partial charge is 0.325 e. The van der Waals surface area contributed by atoms with Crippen molar-refractivity contribution in [3.05, 3.63) is 40.3 Å². The van der Waals surface area contributed by atoms with E-state index in [2.05, 4.69) is 44.8 Å². The molecule has 0 bridgehead atoms. The number of benzene rings is 1. The average molecular weight is 239 g/mol. The molecule has 2 rings (SSSR count). The van der Waals surface area contributed by atoms with Gasteiger partial charge >= 0.3 is 0 Å². The van der Waals surface area contributed by atoms with E-state index in [9.17, 15) is 5.26 Å². The molecule has 1 aromatic carbocycles. The molecule has 0 aliphatic rings. The highest BCUT2D eigenvalue weighted by atomic mass is 15.0. The van der Waals surface area contributed by atoms with Crippen LogP contribution in [0.1, 0.15) is 27.9 Å². The van der Waals surface area contributed by atoms with Crippen LogP contribution in [-0.2, 0) is 7.05 Å². The van der Waals surface area contributed by atoms with Gasteiger partial charge < -0.3 is 4.57 Å². The number of nitrogens with zero attached hydrogens (tertiary/aromatic N) is 3. The zero-order valence-corrected chi connectivity index (χ0v) is 11.5. The summed E-state index contributed by atoms with van der Waals surface area (Å²) < 4.78 is 1.77. The first kappa shape index (κ1) is 12.4. The molecule has 3 heteroatoms. The molecular formula is C15H17N3.